The van der Waals surface area contributed by atoms with Crippen LogP contribution in [-0.4, -0.2) is 16.0 Å². The Kier molecular flexibility index (Phi) is 3.58. The highest BCUT2D eigenvalue weighted by atomic mass is 15.1. The maximum Gasteiger partial charge on any atom is 0.135 e. The van der Waals surface area contributed by atoms with Gasteiger partial charge in [-0.15, -0.1) is 0 Å². The van der Waals surface area contributed by atoms with Crippen molar-refractivity contribution in [1.82, 2.24) is 9.97 Å². The number of anilines is 3. The molecule has 1 heterocycles. The number of aromatic nitrogens is 2. The number of rotatable bonds is 4. The lowest BCUT2D eigenvalue weighted by Gasteiger charge is -2.13. The summed E-state index contributed by atoms with van der Waals surface area (Å²) in [5, 5.41) is 6.75. The highest BCUT2D eigenvalue weighted by molar-refractivity contribution is 5.58. The Morgan fingerprint density at radius 2 is 1.68 bits per heavy atom. The SMILES string of the molecule is c1ccc(Nc2cc(NC3CCCC3)ncn2)cc1. The van der Waals surface area contributed by atoms with Gasteiger partial charge in [-0.2, -0.15) is 0 Å². The first kappa shape index (κ1) is 12.0. The average molecular weight is 254 g/mol. The molecule has 3 rings (SSSR count). The zero-order valence-corrected chi connectivity index (χ0v) is 10.8. The van der Waals surface area contributed by atoms with E-state index >= 15 is 0 Å². The lowest BCUT2D eigenvalue weighted by atomic mass is 10.2. The quantitative estimate of drug-likeness (QED) is 0.875. The highest BCUT2D eigenvalue weighted by Crippen LogP contribution is 2.22. The summed E-state index contributed by atoms with van der Waals surface area (Å²) in [4.78, 5) is 8.53. The lowest BCUT2D eigenvalue weighted by molar-refractivity contribution is 0.750. The third-order valence-corrected chi connectivity index (χ3v) is 3.42. The maximum absolute atomic E-state index is 4.28. The smallest absolute Gasteiger partial charge is 0.135 e. The van der Waals surface area contributed by atoms with Crippen molar-refractivity contribution in [2.45, 2.75) is 31.7 Å². The van der Waals surface area contributed by atoms with Gasteiger partial charge in [-0.05, 0) is 25.0 Å². The molecule has 2 aromatic rings. The first-order valence-electron chi connectivity index (χ1n) is 6.81. The van der Waals surface area contributed by atoms with Gasteiger partial charge in [0, 0.05) is 17.8 Å². The third kappa shape index (κ3) is 3.22. The Morgan fingerprint density at radius 1 is 0.947 bits per heavy atom. The first-order chi connectivity index (χ1) is 9.40. The fourth-order valence-corrected chi connectivity index (χ4v) is 2.45. The second-order valence-corrected chi connectivity index (χ2v) is 4.91. The molecule has 1 fully saturated rings. The van der Waals surface area contributed by atoms with Crippen LogP contribution >= 0.6 is 0 Å². The Bertz CT molecular complexity index is 521. The van der Waals surface area contributed by atoms with Gasteiger partial charge in [0.05, 0.1) is 0 Å². The van der Waals surface area contributed by atoms with Crippen molar-refractivity contribution < 1.29 is 0 Å². The molecule has 2 N–H and O–H groups in total. The molecule has 0 radical (unpaired) electrons. The van der Waals surface area contributed by atoms with Gasteiger partial charge in [0.1, 0.15) is 18.0 Å². The number of para-hydroxylation sites is 1. The molecule has 4 heteroatoms. The van der Waals surface area contributed by atoms with Gasteiger partial charge in [-0.1, -0.05) is 31.0 Å². The molecule has 0 spiro atoms. The van der Waals surface area contributed by atoms with E-state index in [-0.39, 0.29) is 0 Å². The van der Waals surface area contributed by atoms with Gasteiger partial charge in [0.25, 0.3) is 0 Å². The summed E-state index contributed by atoms with van der Waals surface area (Å²) in [6.45, 7) is 0. The van der Waals surface area contributed by atoms with E-state index in [1.54, 1.807) is 6.33 Å². The van der Waals surface area contributed by atoms with Gasteiger partial charge in [-0.25, -0.2) is 9.97 Å². The van der Waals surface area contributed by atoms with Crippen molar-refractivity contribution >= 4 is 17.3 Å². The maximum atomic E-state index is 4.28. The van der Waals surface area contributed by atoms with Crippen LogP contribution in [0.5, 0.6) is 0 Å². The molecule has 0 saturated heterocycles. The fourth-order valence-electron chi connectivity index (χ4n) is 2.45. The summed E-state index contributed by atoms with van der Waals surface area (Å²) in [7, 11) is 0. The number of nitrogens with zero attached hydrogens (tertiary/aromatic N) is 2. The largest absolute Gasteiger partial charge is 0.367 e. The zero-order chi connectivity index (χ0) is 12.9. The molecular weight excluding hydrogens is 236 g/mol. The third-order valence-electron chi connectivity index (χ3n) is 3.42. The minimum atomic E-state index is 0.569. The van der Waals surface area contributed by atoms with E-state index in [0.29, 0.717) is 6.04 Å². The Balaban J connectivity index is 1.69. The van der Waals surface area contributed by atoms with Crippen molar-refractivity contribution in [3.05, 3.63) is 42.7 Å². The van der Waals surface area contributed by atoms with Crippen molar-refractivity contribution in [2.75, 3.05) is 10.6 Å². The van der Waals surface area contributed by atoms with Crippen molar-refractivity contribution in [2.24, 2.45) is 0 Å². The van der Waals surface area contributed by atoms with E-state index < -0.39 is 0 Å². The summed E-state index contributed by atoms with van der Waals surface area (Å²) in [6.07, 6.45) is 6.72. The van der Waals surface area contributed by atoms with Crippen molar-refractivity contribution in [1.29, 1.82) is 0 Å². The molecule has 1 aliphatic carbocycles. The topological polar surface area (TPSA) is 49.8 Å². The molecule has 1 saturated carbocycles. The fraction of sp³-hybridized carbons (Fsp3) is 0.333. The van der Waals surface area contributed by atoms with Gasteiger partial charge in [0.15, 0.2) is 0 Å². The molecular formula is C15H18N4. The van der Waals surface area contributed by atoms with Crippen LogP contribution in [0, 0.1) is 0 Å². The number of nitrogens with one attached hydrogen (secondary N) is 2. The second kappa shape index (κ2) is 5.69. The lowest BCUT2D eigenvalue weighted by Crippen LogP contribution is -2.15. The van der Waals surface area contributed by atoms with Crippen LogP contribution in [0.15, 0.2) is 42.7 Å². The van der Waals surface area contributed by atoms with Gasteiger partial charge < -0.3 is 10.6 Å². The van der Waals surface area contributed by atoms with Crippen LogP contribution in [0.1, 0.15) is 25.7 Å². The van der Waals surface area contributed by atoms with Gasteiger partial charge >= 0.3 is 0 Å². The minimum absolute atomic E-state index is 0.569. The summed E-state index contributed by atoms with van der Waals surface area (Å²) in [6, 6.07) is 12.6. The molecule has 1 aliphatic rings. The van der Waals surface area contributed by atoms with E-state index in [9.17, 15) is 0 Å². The van der Waals surface area contributed by atoms with E-state index in [4.69, 9.17) is 0 Å². The number of hydrogen-bond donors (Lipinski definition) is 2. The average Bonchev–Trinajstić information content (AvgIpc) is 2.93. The molecule has 98 valence electrons. The highest BCUT2D eigenvalue weighted by Gasteiger charge is 2.14. The van der Waals surface area contributed by atoms with Crippen LogP contribution in [0.2, 0.25) is 0 Å². The molecule has 0 atom stereocenters. The molecule has 1 aromatic heterocycles. The molecule has 0 aliphatic heterocycles. The first-order valence-corrected chi connectivity index (χ1v) is 6.81. The van der Waals surface area contributed by atoms with E-state index in [1.807, 2.05) is 36.4 Å². The van der Waals surface area contributed by atoms with Crippen LogP contribution in [0.25, 0.3) is 0 Å². The zero-order valence-electron chi connectivity index (χ0n) is 10.8. The van der Waals surface area contributed by atoms with E-state index in [0.717, 1.165) is 17.3 Å². The second-order valence-electron chi connectivity index (χ2n) is 4.91. The molecule has 0 amide bonds. The number of benzene rings is 1. The summed E-state index contributed by atoms with van der Waals surface area (Å²) in [5.74, 6) is 1.72. The van der Waals surface area contributed by atoms with Gasteiger partial charge in [0.2, 0.25) is 0 Å². The van der Waals surface area contributed by atoms with E-state index in [2.05, 4.69) is 20.6 Å². The summed E-state index contributed by atoms with van der Waals surface area (Å²) < 4.78 is 0. The molecule has 19 heavy (non-hydrogen) atoms. The standard InChI is InChI=1S/C15H18N4/c1-2-6-12(7-3-1)18-14-10-15(17-11-16-14)19-13-8-4-5-9-13/h1-3,6-7,10-11,13H,4-5,8-9H2,(H2,16,17,18,19). The van der Waals surface area contributed by atoms with Gasteiger partial charge in [-0.3, -0.25) is 0 Å². The minimum Gasteiger partial charge on any atom is -0.367 e. The van der Waals surface area contributed by atoms with Crippen LogP contribution in [-0.2, 0) is 0 Å². The molecule has 4 nitrogen and oxygen atoms in total. The van der Waals surface area contributed by atoms with Crippen LogP contribution in [0.4, 0.5) is 17.3 Å². The van der Waals surface area contributed by atoms with E-state index in [1.165, 1.54) is 25.7 Å². The molecule has 1 aromatic carbocycles. The monoisotopic (exact) mass is 254 g/mol. The Morgan fingerprint density at radius 3 is 2.47 bits per heavy atom. The van der Waals surface area contributed by atoms with Crippen molar-refractivity contribution in [3.8, 4) is 0 Å². The predicted octanol–water partition coefficient (Wildman–Crippen LogP) is 3.57. The van der Waals surface area contributed by atoms with Crippen LogP contribution < -0.4 is 10.6 Å². The summed E-state index contributed by atoms with van der Waals surface area (Å²) >= 11 is 0. The Hall–Kier alpha value is -2.10. The normalized spacial score (nSPS) is 15.4. The van der Waals surface area contributed by atoms with Crippen LogP contribution in [0.3, 0.4) is 0 Å². The Labute approximate surface area is 113 Å². The predicted molar refractivity (Wildman–Crippen MR) is 77.6 cm³/mol. The molecule has 0 bridgehead atoms. The number of hydrogen-bond acceptors (Lipinski definition) is 4. The van der Waals surface area contributed by atoms with Crippen molar-refractivity contribution in [3.63, 3.8) is 0 Å². The molecule has 0 unspecified atom stereocenters. The summed E-state index contributed by atoms with van der Waals surface area (Å²) in [5.41, 5.74) is 1.04.